The van der Waals surface area contributed by atoms with Crippen LogP contribution in [-0.4, -0.2) is 35.7 Å². The highest BCUT2D eigenvalue weighted by atomic mass is 79.9. The topological polar surface area (TPSA) is 80.2 Å². The van der Waals surface area contributed by atoms with Gasteiger partial charge in [-0.1, -0.05) is 119 Å². The van der Waals surface area contributed by atoms with E-state index in [4.69, 9.17) is 19.6 Å². The molecule has 1 heterocycles. The average Bonchev–Trinajstić information content (AvgIpc) is 3.49. The lowest BCUT2D eigenvalue weighted by molar-refractivity contribution is -0.129. The van der Waals surface area contributed by atoms with Gasteiger partial charge >= 0.3 is 0 Å². The van der Waals surface area contributed by atoms with Gasteiger partial charge in [-0.15, -0.1) is 0 Å². The van der Waals surface area contributed by atoms with Crippen LogP contribution in [0.5, 0.6) is 5.75 Å². The number of ether oxygens (including phenoxy) is 2. The van der Waals surface area contributed by atoms with E-state index in [1.807, 2.05) is 104 Å². The van der Waals surface area contributed by atoms with Crippen molar-refractivity contribution in [3.8, 4) is 16.9 Å². The molecule has 5 aromatic carbocycles. The van der Waals surface area contributed by atoms with Crippen LogP contribution in [-0.2, 0) is 22.5 Å². The van der Waals surface area contributed by atoms with E-state index >= 15 is 0 Å². The molecule has 47 heavy (non-hydrogen) atoms. The summed E-state index contributed by atoms with van der Waals surface area (Å²) in [6.07, 6.45) is 0.162. The summed E-state index contributed by atoms with van der Waals surface area (Å²) in [5.74, 6) is 0.858. The Bertz CT molecular complexity index is 1840. The van der Waals surface area contributed by atoms with Crippen LogP contribution in [0.1, 0.15) is 40.3 Å². The highest BCUT2D eigenvalue weighted by Gasteiger charge is 2.53. The molecule has 0 spiro atoms. The van der Waals surface area contributed by atoms with Gasteiger partial charge in [-0.2, -0.15) is 0 Å². The van der Waals surface area contributed by atoms with E-state index in [0.29, 0.717) is 37.6 Å². The molecule has 6 rings (SSSR count). The first-order valence-electron chi connectivity index (χ1n) is 15.8. The van der Waals surface area contributed by atoms with Crippen molar-refractivity contribution in [3.05, 3.63) is 160 Å². The second-order valence-electron chi connectivity index (χ2n) is 11.7. The molecule has 6 nitrogen and oxygen atoms in total. The van der Waals surface area contributed by atoms with Gasteiger partial charge in [-0.3, -0.25) is 4.79 Å². The summed E-state index contributed by atoms with van der Waals surface area (Å²) in [4.78, 5) is 19.8. The van der Waals surface area contributed by atoms with Crippen molar-refractivity contribution in [2.75, 3.05) is 13.2 Å². The van der Waals surface area contributed by atoms with E-state index in [1.165, 1.54) is 0 Å². The van der Waals surface area contributed by atoms with Crippen LogP contribution in [0.4, 0.5) is 0 Å². The number of amides is 1. The Hall–Kier alpha value is -4.72. The van der Waals surface area contributed by atoms with Gasteiger partial charge < -0.3 is 19.9 Å². The number of benzene rings is 5. The molecule has 2 N–H and O–H groups in total. The van der Waals surface area contributed by atoms with Gasteiger partial charge in [0, 0.05) is 36.0 Å². The molecule has 0 aromatic heterocycles. The zero-order valence-corrected chi connectivity index (χ0v) is 27.8. The average molecular weight is 690 g/mol. The van der Waals surface area contributed by atoms with E-state index in [0.717, 1.165) is 43.4 Å². The molecule has 2 atom stereocenters. The Morgan fingerprint density at radius 2 is 1.57 bits per heavy atom. The molecule has 0 unspecified atom stereocenters. The van der Waals surface area contributed by atoms with Crippen molar-refractivity contribution >= 4 is 27.7 Å². The molecule has 1 aliphatic rings. The van der Waals surface area contributed by atoms with Crippen LogP contribution in [0.15, 0.2) is 137 Å². The van der Waals surface area contributed by atoms with Crippen LogP contribution < -0.4 is 10.1 Å². The lowest BCUT2D eigenvalue weighted by Gasteiger charge is -2.31. The van der Waals surface area contributed by atoms with Gasteiger partial charge in [0.05, 0.1) is 6.61 Å². The number of rotatable bonds is 12. The van der Waals surface area contributed by atoms with Crippen molar-refractivity contribution in [3.63, 3.8) is 0 Å². The van der Waals surface area contributed by atoms with Crippen molar-refractivity contribution in [2.24, 2.45) is 4.99 Å². The maximum atomic E-state index is 14.6. The van der Waals surface area contributed by atoms with E-state index in [-0.39, 0.29) is 12.5 Å². The van der Waals surface area contributed by atoms with Crippen LogP contribution in [0, 0.1) is 6.92 Å². The minimum atomic E-state index is -1.31. The normalized spacial score (nSPS) is 17.1. The SMILES string of the molecule is Cc1cccc(CNC(=O)[C@]2(Cc3ccccc3Br)N=C(c3ccc(OCCCO)cc3)O[C@@H]2c2ccc(-c3ccccc3)cc2)c1. The fraction of sp³-hybridized carbons (Fsp3) is 0.200. The van der Waals surface area contributed by atoms with E-state index in [1.54, 1.807) is 0 Å². The second-order valence-corrected chi connectivity index (χ2v) is 12.6. The Balaban J connectivity index is 1.41. The largest absolute Gasteiger partial charge is 0.494 e. The molecule has 1 aliphatic heterocycles. The number of carbonyl (C=O) groups excluding carboxylic acids is 1. The molecule has 0 fully saturated rings. The van der Waals surface area contributed by atoms with Crippen LogP contribution in [0.3, 0.4) is 0 Å². The summed E-state index contributed by atoms with van der Waals surface area (Å²) < 4.78 is 13.4. The number of hydrogen-bond acceptors (Lipinski definition) is 5. The van der Waals surface area contributed by atoms with Crippen molar-refractivity contribution in [1.82, 2.24) is 5.32 Å². The highest BCUT2D eigenvalue weighted by molar-refractivity contribution is 9.10. The van der Waals surface area contributed by atoms with Crippen molar-refractivity contribution in [2.45, 2.75) is 38.0 Å². The zero-order valence-electron chi connectivity index (χ0n) is 26.2. The molecule has 1 amide bonds. The smallest absolute Gasteiger partial charge is 0.252 e. The number of aryl methyl sites for hydroxylation is 1. The monoisotopic (exact) mass is 688 g/mol. The number of nitrogens with one attached hydrogen (secondary N) is 1. The Morgan fingerprint density at radius 3 is 2.30 bits per heavy atom. The first-order valence-corrected chi connectivity index (χ1v) is 16.6. The van der Waals surface area contributed by atoms with Gasteiger partial charge in [-0.05, 0) is 65.1 Å². The Morgan fingerprint density at radius 1 is 0.872 bits per heavy atom. The maximum Gasteiger partial charge on any atom is 0.252 e. The lowest BCUT2D eigenvalue weighted by Crippen LogP contribution is -2.49. The van der Waals surface area contributed by atoms with E-state index in [9.17, 15) is 4.79 Å². The fourth-order valence-electron chi connectivity index (χ4n) is 5.85. The summed E-state index contributed by atoms with van der Waals surface area (Å²) in [7, 11) is 0. The summed E-state index contributed by atoms with van der Waals surface area (Å²) in [5, 5.41) is 12.3. The molecular formula is C40H37BrN2O4. The van der Waals surface area contributed by atoms with Crippen LogP contribution in [0.25, 0.3) is 11.1 Å². The van der Waals surface area contributed by atoms with Gasteiger partial charge in [0.2, 0.25) is 5.90 Å². The summed E-state index contributed by atoms with van der Waals surface area (Å²) >= 11 is 3.72. The number of aliphatic imine (C=N–C) groups is 1. The predicted octanol–water partition coefficient (Wildman–Crippen LogP) is 8.00. The van der Waals surface area contributed by atoms with Gasteiger partial charge in [-0.25, -0.2) is 4.99 Å². The molecule has 7 heteroatoms. The number of carbonyl (C=O) groups is 1. The molecule has 0 aliphatic carbocycles. The predicted molar refractivity (Wildman–Crippen MR) is 189 cm³/mol. The molecule has 0 saturated carbocycles. The minimum absolute atomic E-state index is 0.0714. The minimum Gasteiger partial charge on any atom is -0.494 e. The molecule has 0 bridgehead atoms. The first kappa shape index (κ1) is 32.2. The first-order chi connectivity index (χ1) is 22.9. The van der Waals surface area contributed by atoms with E-state index in [2.05, 4.69) is 51.6 Å². The fourth-order valence-corrected chi connectivity index (χ4v) is 6.28. The second kappa shape index (κ2) is 14.8. The summed E-state index contributed by atoms with van der Waals surface area (Å²) in [5.41, 5.74) is 5.56. The van der Waals surface area contributed by atoms with E-state index < -0.39 is 11.6 Å². The Labute approximate surface area is 284 Å². The van der Waals surface area contributed by atoms with Crippen molar-refractivity contribution < 1.29 is 19.4 Å². The third-order valence-corrected chi connectivity index (χ3v) is 9.08. The quantitative estimate of drug-likeness (QED) is 0.130. The van der Waals surface area contributed by atoms with Gasteiger partial charge in [0.15, 0.2) is 11.6 Å². The van der Waals surface area contributed by atoms with Crippen LogP contribution >= 0.6 is 15.9 Å². The standard InChI is InChI=1S/C40H37BrN2O4/c1-28-9-7-10-29(25-28)27-42-39(45)40(26-34-13-5-6-14-36(34)41)37(32-17-15-31(16-18-32)30-11-3-2-4-12-30)47-38(43-40)33-19-21-35(22-20-33)46-24-8-23-44/h2-7,9-22,25,37,44H,8,23-24,26-27H2,1H3,(H,42,45)/t37-,40-/m1/s1. The lowest BCUT2D eigenvalue weighted by atomic mass is 9.81. The summed E-state index contributed by atoms with van der Waals surface area (Å²) in [6, 6.07) is 41.9. The Kier molecular flexibility index (Phi) is 10.1. The number of aliphatic hydroxyl groups excluding tert-OH is 1. The zero-order chi connectivity index (χ0) is 32.6. The number of halogens is 1. The van der Waals surface area contributed by atoms with Crippen LogP contribution in [0.2, 0.25) is 0 Å². The third kappa shape index (κ3) is 7.48. The van der Waals surface area contributed by atoms with Gasteiger partial charge in [0.1, 0.15) is 5.75 Å². The molecule has 5 aromatic rings. The third-order valence-electron chi connectivity index (χ3n) is 8.30. The maximum absolute atomic E-state index is 14.6. The highest BCUT2D eigenvalue weighted by Crippen LogP contribution is 2.44. The molecule has 0 saturated heterocycles. The molecular weight excluding hydrogens is 652 g/mol. The molecule has 238 valence electrons. The number of hydrogen-bond donors (Lipinski definition) is 2. The van der Waals surface area contributed by atoms with Crippen molar-refractivity contribution in [1.29, 1.82) is 0 Å². The summed E-state index contributed by atoms with van der Waals surface area (Å²) in [6.45, 7) is 2.90. The number of aliphatic hydroxyl groups is 1. The molecule has 0 radical (unpaired) electrons. The van der Waals surface area contributed by atoms with Gasteiger partial charge in [0.25, 0.3) is 5.91 Å². The number of nitrogens with zero attached hydrogens (tertiary/aromatic N) is 1.